The predicted octanol–water partition coefficient (Wildman–Crippen LogP) is 2.71. The molecule has 1 aromatic carbocycles. The van der Waals surface area contributed by atoms with Crippen LogP contribution in [0.1, 0.15) is 26.5 Å². The van der Waals surface area contributed by atoms with Crippen LogP contribution >= 0.6 is 0 Å². The lowest BCUT2D eigenvalue weighted by Crippen LogP contribution is -2.31. The van der Waals surface area contributed by atoms with Crippen molar-refractivity contribution < 1.29 is 18.5 Å². The zero-order chi connectivity index (χ0) is 17.4. The van der Waals surface area contributed by atoms with Gasteiger partial charge in [0.15, 0.2) is 0 Å². The van der Waals surface area contributed by atoms with Crippen LogP contribution in [0.15, 0.2) is 53.2 Å². The van der Waals surface area contributed by atoms with E-state index in [2.05, 4.69) is 10.1 Å². The molecule has 0 saturated heterocycles. The van der Waals surface area contributed by atoms with E-state index in [1.54, 1.807) is 30.3 Å². The summed E-state index contributed by atoms with van der Waals surface area (Å²) in [6.07, 6.45) is 1.43. The highest BCUT2D eigenvalue weighted by atomic mass is 19.1. The number of rotatable bonds is 4. The summed E-state index contributed by atoms with van der Waals surface area (Å²) in [5, 5.41) is 3.89. The molecule has 1 aliphatic rings. The number of halogens is 1. The first-order chi connectivity index (χ1) is 12.1. The molecule has 7 heteroatoms. The summed E-state index contributed by atoms with van der Waals surface area (Å²) in [5.74, 6) is -0.531. The van der Waals surface area contributed by atoms with E-state index in [4.69, 9.17) is 4.52 Å². The molecule has 25 heavy (non-hydrogen) atoms. The van der Waals surface area contributed by atoms with E-state index in [-0.39, 0.29) is 18.4 Å². The van der Waals surface area contributed by atoms with E-state index in [9.17, 15) is 14.0 Å². The summed E-state index contributed by atoms with van der Waals surface area (Å²) < 4.78 is 18.1. The lowest BCUT2D eigenvalue weighted by molar-refractivity contribution is 0.0654. The molecule has 0 fully saturated rings. The van der Waals surface area contributed by atoms with E-state index in [1.807, 2.05) is 0 Å². The Balaban J connectivity index is 1.47. The number of imide groups is 1. The van der Waals surface area contributed by atoms with Gasteiger partial charge in [-0.1, -0.05) is 17.3 Å². The normalized spacial score (nSPS) is 13.4. The maximum absolute atomic E-state index is 12.9. The Morgan fingerprint density at radius 2 is 1.72 bits per heavy atom. The van der Waals surface area contributed by atoms with Crippen molar-refractivity contribution in [2.24, 2.45) is 0 Å². The molecule has 0 spiro atoms. The van der Waals surface area contributed by atoms with Gasteiger partial charge >= 0.3 is 0 Å². The Kier molecular flexibility index (Phi) is 3.61. The van der Waals surface area contributed by atoms with Crippen LogP contribution in [0.25, 0.3) is 11.4 Å². The van der Waals surface area contributed by atoms with Gasteiger partial charge in [-0.2, -0.15) is 0 Å². The van der Waals surface area contributed by atoms with E-state index in [1.165, 1.54) is 17.0 Å². The molecule has 0 N–H and O–H groups in total. The lowest BCUT2D eigenvalue weighted by atomic mass is 10.1. The van der Waals surface area contributed by atoms with Crippen LogP contribution < -0.4 is 0 Å². The Hall–Kier alpha value is -3.35. The van der Waals surface area contributed by atoms with Gasteiger partial charge in [-0.15, -0.1) is 0 Å². The molecule has 2 aromatic heterocycles. The molecule has 0 bridgehead atoms. The second kappa shape index (κ2) is 5.94. The maximum Gasteiger partial charge on any atom is 0.261 e. The van der Waals surface area contributed by atoms with Crippen molar-refractivity contribution in [2.45, 2.75) is 6.42 Å². The SMILES string of the molecule is O=C1c2ccccc2C(=O)N1CCc1cc(-c2ccc(F)cn2)no1. The highest BCUT2D eigenvalue weighted by Crippen LogP contribution is 2.23. The summed E-state index contributed by atoms with van der Waals surface area (Å²) >= 11 is 0. The number of pyridine rings is 1. The Labute approximate surface area is 141 Å². The fourth-order valence-corrected chi connectivity index (χ4v) is 2.74. The molecule has 0 unspecified atom stereocenters. The van der Waals surface area contributed by atoms with Crippen molar-refractivity contribution >= 4 is 11.8 Å². The fourth-order valence-electron chi connectivity index (χ4n) is 2.74. The first-order valence-corrected chi connectivity index (χ1v) is 7.66. The number of carbonyl (C=O) groups is 2. The third-order valence-corrected chi connectivity index (χ3v) is 4.01. The minimum absolute atomic E-state index is 0.192. The zero-order valence-electron chi connectivity index (χ0n) is 13.0. The van der Waals surface area contributed by atoms with Crippen molar-refractivity contribution in [1.29, 1.82) is 0 Å². The average molecular weight is 337 g/mol. The Morgan fingerprint density at radius 1 is 1.00 bits per heavy atom. The van der Waals surface area contributed by atoms with Crippen LogP contribution in [-0.4, -0.2) is 33.4 Å². The molecule has 1 aliphatic heterocycles. The second-order valence-corrected chi connectivity index (χ2v) is 5.60. The van der Waals surface area contributed by atoms with Gasteiger partial charge in [-0.3, -0.25) is 19.5 Å². The highest BCUT2D eigenvalue weighted by Gasteiger charge is 2.34. The van der Waals surface area contributed by atoms with E-state index < -0.39 is 5.82 Å². The number of nitrogens with zero attached hydrogens (tertiary/aromatic N) is 3. The zero-order valence-corrected chi connectivity index (χ0v) is 13.0. The summed E-state index contributed by atoms with van der Waals surface area (Å²) in [6.45, 7) is 0.192. The van der Waals surface area contributed by atoms with E-state index in [0.717, 1.165) is 6.20 Å². The number of amides is 2. The van der Waals surface area contributed by atoms with Gasteiger partial charge < -0.3 is 4.52 Å². The maximum atomic E-state index is 12.9. The number of hydrogen-bond donors (Lipinski definition) is 0. The summed E-state index contributed by atoms with van der Waals surface area (Å²) in [7, 11) is 0. The Morgan fingerprint density at radius 3 is 2.36 bits per heavy atom. The van der Waals surface area contributed by atoms with Crippen molar-refractivity contribution in [1.82, 2.24) is 15.0 Å². The van der Waals surface area contributed by atoms with Gasteiger partial charge in [0.05, 0.1) is 23.0 Å². The predicted molar refractivity (Wildman–Crippen MR) is 85.2 cm³/mol. The molecule has 0 saturated carbocycles. The van der Waals surface area contributed by atoms with Gasteiger partial charge in [0.2, 0.25) is 0 Å². The van der Waals surface area contributed by atoms with Crippen molar-refractivity contribution in [2.75, 3.05) is 6.54 Å². The van der Waals surface area contributed by atoms with Gasteiger partial charge in [-0.25, -0.2) is 4.39 Å². The summed E-state index contributed by atoms with van der Waals surface area (Å²) in [5.41, 5.74) is 1.79. The second-order valence-electron chi connectivity index (χ2n) is 5.60. The third-order valence-electron chi connectivity index (χ3n) is 4.01. The smallest absolute Gasteiger partial charge is 0.261 e. The molecule has 2 amide bonds. The minimum Gasteiger partial charge on any atom is -0.361 e. The number of carbonyl (C=O) groups excluding carboxylic acids is 2. The molecule has 0 radical (unpaired) electrons. The van der Waals surface area contributed by atoms with Crippen LogP contribution in [-0.2, 0) is 6.42 Å². The average Bonchev–Trinajstić information content (AvgIpc) is 3.19. The first-order valence-electron chi connectivity index (χ1n) is 7.66. The quantitative estimate of drug-likeness (QED) is 0.684. The van der Waals surface area contributed by atoms with E-state index >= 15 is 0 Å². The van der Waals surface area contributed by atoms with Crippen molar-refractivity contribution in [3.05, 3.63) is 71.4 Å². The molecular formula is C18H12FN3O3. The standard InChI is InChI=1S/C18H12FN3O3/c19-11-5-6-15(20-10-11)16-9-12(25-21-16)7-8-22-17(23)13-3-1-2-4-14(13)18(22)24/h1-6,9-10H,7-8H2. The number of benzene rings is 1. The molecule has 3 aromatic rings. The van der Waals surface area contributed by atoms with Gasteiger partial charge in [0.1, 0.15) is 17.3 Å². The molecular weight excluding hydrogens is 325 g/mol. The lowest BCUT2D eigenvalue weighted by Gasteiger charge is -2.11. The van der Waals surface area contributed by atoms with Crippen LogP contribution in [0.2, 0.25) is 0 Å². The van der Waals surface area contributed by atoms with Gasteiger partial charge in [0.25, 0.3) is 11.8 Å². The largest absolute Gasteiger partial charge is 0.361 e. The Bertz CT molecular complexity index is 931. The summed E-state index contributed by atoms with van der Waals surface area (Å²) in [4.78, 5) is 29.7. The number of hydrogen-bond acceptors (Lipinski definition) is 5. The van der Waals surface area contributed by atoms with Crippen LogP contribution in [0, 0.1) is 5.82 Å². The molecule has 6 nitrogen and oxygen atoms in total. The van der Waals surface area contributed by atoms with Crippen molar-refractivity contribution in [3.63, 3.8) is 0 Å². The van der Waals surface area contributed by atoms with E-state index in [0.29, 0.717) is 34.7 Å². The van der Waals surface area contributed by atoms with Crippen LogP contribution in [0.4, 0.5) is 4.39 Å². The van der Waals surface area contributed by atoms with Crippen molar-refractivity contribution in [3.8, 4) is 11.4 Å². The molecule has 4 rings (SSSR count). The van der Waals surface area contributed by atoms with Gasteiger partial charge in [-0.05, 0) is 24.3 Å². The van der Waals surface area contributed by atoms with Crippen LogP contribution in [0.5, 0.6) is 0 Å². The first kappa shape index (κ1) is 15.2. The molecule has 0 atom stereocenters. The number of aromatic nitrogens is 2. The molecule has 0 aliphatic carbocycles. The topological polar surface area (TPSA) is 76.3 Å². The minimum atomic E-state index is -0.432. The summed E-state index contributed by atoms with van der Waals surface area (Å²) in [6, 6.07) is 11.2. The molecule has 3 heterocycles. The van der Waals surface area contributed by atoms with Crippen LogP contribution in [0.3, 0.4) is 0 Å². The molecule has 124 valence electrons. The third kappa shape index (κ3) is 2.69. The number of fused-ring (bicyclic) bond motifs is 1. The highest BCUT2D eigenvalue weighted by molar-refractivity contribution is 6.21. The monoisotopic (exact) mass is 337 g/mol. The van der Waals surface area contributed by atoms with Gasteiger partial charge in [0, 0.05) is 19.0 Å². The fraction of sp³-hybridized carbons (Fsp3) is 0.111.